The van der Waals surface area contributed by atoms with E-state index in [1.165, 1.54) is 0 Å². The van der Waals surface area contributed by atoms with Crippen LogP contribution in [0.25, 0.3) is 0 Å². The molecule has 1 aliphatic rings. The van der Waals surface area contributed by atoms with Gasteiger partial charge in [-0.2, -0.15) is 0 Å². The molecule has 9 heavy (non-hydrogen) atoms. The summed E-state index contributed by atoms with van der Waals surface area (Å²) in [6, 6.07) is 0. The van der Waals surface area contributed by atoms with Gasteiger partial charge in [-0.05, 0) is 13.3 Å². The molecule has 0 saturated carbocycles. The molecule has 1 fully saturated rings. The second-order valence-electron chi connectivity index (χ2n) is 1.99. The lowest BCUT2D eigenvalue weighted by Gasteiger charge is -2.35. The van der Waals surface area contributed by atoms with E-state index in [1.54, 1.807) is 0 Å². The van der Waals surface area contributed by atoms with Crippen LogP contribution in [-0.4, -0.2) is 12.7 Å². The van der Waals surface area contributed by atoms with Gasteiger partial charge in [0.2, 0.25) is 0 Å². The number of hydrogen-bond donors (Lipinski definition) is 0. The molecule has 0 spiro atoms. The first kappa shape index (κ1) is 7.63. The second kappa shape index (κ2) is 2.64. The fraction of sp³-hybridized carbons (Fsp3) is 1.00. The fourth-order valence-electron chi connectivity index (χ4n) is 0.634. The molecule has 0 aromatic rings. The Morgan fingerprint density at radius 1 is 1.78 bits per heavy atom. The van der Waals surface area contributed by atoms with Crippen molar-refractivity contribution in [2.45, 2.75) is 19.4 Å². The van der Waals surface area contributed by atoms with Gasteiger partial charge in [-0.15, -0.1) is 0 Å². The maximum atomic E-state index is 10.8. The molecule has 1 aliphatic heterocycles. The van der Waals surface area contributed by atoms with Crippen LogP contribution in [0.5, 0.6) is 0 Å². The predicted molar refractivity (Wildman–Crippen MR) is 35.4 cm³/mol. The van der Waals surface area contributed by atoms with Crippen LogP contribution >= 0.6 is 6.72 Å². The van der Waals surface area contributed by atoms with Crippen LogP contribution in [0.15, 0.2) is 0 Å². The van der Waals surface area contributed by atoms with Gasteiger partial charge < -0.3 is 13.9 Å². The van der Waals surface area contributed by atoms with Crippen molar-refractivity contribution in [3.05, 3.63) is 0 Å². The van der Waals surface area contributed by atoms with Gasteiger partial charge in [0, 0.05) is 0 Å². The van der Waals surface area contributed by atoms with Crippen LogP contribution in [0.1, 0.15) is 13.3 Å². The van der Waals surface area contributed by atoms with Gasteiger partial charge >= 0.3 is 0 Å². The largest absolute Gasteiger partial charge is 0.780 e. The van der Waals surface area contributed by atoms with Gasteiger partial charge in [-0.1, -0.05) is 11.8 Å². The molecule has 1 saturated heterocycles. The van der Waals surface area contributed by atoms with Crippen LogP contribution in [0, 0.1) is 0 Å². The molecular weight excluding hydrogens is 159 g/mol. The summed E-state index contributed by atoms with van der Waals surface area (Å²) in [7, 11) is 0. The summed E-state index contributed by atoms with van der Waals surface area (Å²) in [5.74, 6) is 0. The first-order valence-corrected chi connectivity index (χ1v) is 5.30. The van der Waals surface area contributed by atoms with Gasteiger partial charge in [0.25, 0.3) is 0 Å². The molecule has 0 aromatic carbocycles. The van der Waals surface area contributed by atoms with Crippen molar-refractivity contribution in [2.75, 3.05) is 6.61 Å². The third-order valence-electron chi connectivity index (χ3n) is 1.08. The quantitative estimate of drug-likeness (QED) is 0.489. The Balaban J connectivity index is 2.51. The Labute approximate surface area is 59.2 Å². The third-order valence-corrected chi connectivity index (χ3v) is 2.77. The lowest BCUT2D eigenvalue weighted by molar-refractivity contribution is -0.217. The lowest BCUT2D eigenvalue weighted by atomic mass is 10.3. The van der Waals surface area contributed by atoms with Crippen molar-refractivity contribution >= 4 is 18.5 Å². The van der Waals surface area contributed by atoms with E-state index < -0.39 is 6.72 Å². The highest BCUT2D eigenvalue weighted by Gasteiger charge is 2.15. The van der Waals surface area contributed by atoms with Crippen LogP contribution in [0.2, 0.25) is 0 Å². The van der Waals surface area contributed by atoms with E-state index >= 15 is 0 Å². The summed E-state index contributed by atoms with van der Waals surface area (Å²) in [4.78, 5) is 10.8. The molecule has 5 heteroatoms. The van der Waals surface area contributed by atoms with Gasteiger partial charge in [-0.3, -0.25) is 0 Å². The molecule has 1 heterocycles. The second-order valence-corrected chi connectivity index (χ2v) is 4.69. The summed E-state index contributed by atoms with van der Waals surface area (Å²) < 4.78 is 9.51. The minimum absolute atomic E-state index is 0.0120. The summed E-state index contributed by atoms with van der Waals surface area (Å²) in [6.45, 7) is -0.764. The monoisotopic (exact) mass is 167 g/mol. The molecular formula is C4H8O3PS-. The molecule has 2 atom stereocenters. The molecule has 2 unspecified atom stereocenters. The Morgan fingerprint density at radius 3 is 2.78 bits per heavy atom. The molecule has 0 aliphatic carbocycles. The maximum absolute atomic E-state index is 10.8. The van der Waals surface area contributed by atoms with Gasteiger partial charge in [-0.25, -0.2) is 0 Å². The van der Waals surface area contributed by atoms with E-state index in [0.717, 1.165) is 6.42 Å². The Morgan fingerprint density at radius 2 is 2.44 bits per heavy atom. The van der Waals surface area contributed by atoms with E-state index in [4.69, 9.17) is 4.52 Å². The van der Waals surface area contributed by atoms with Crippen molar-refractivity contribution in [2.24, 2.45) is 0 Å². The standard InChI is InChI=1S/C4H9O3PS/c1-4-2-3-6-8(5,9)7-4/h4H,2-3H2,1H3,(H,5,9)/p-1. The summed E-state index contributed by atoms with van der Waals surface area (Å²) >= 11 is 4.48. The molecule has 0 amide bonds. The van der Waals surface area contributed by atoms with E-state index in [0.29, 0.717) is 6.61 Å². The van der Waals surface area contributed by atoms with Crippen molar-refractivity contribution in [3.8, 4) is 0 Å². The summed E-state index contributed by atoms with van der Waals surface area (Å²) in [5.41, 5.74) is 0. The van der Waals surface area contributed by atoms with Crippen LogP contribution in [-0.2, 0) is 20.9 Å². The van der Waals surface area contributed by atoms with E-state index in [2.05, 4.69) is 16.3 Å². The predicted octanol–water partition coefficient (Wildman–Crippen LogP) is 0.397. The van der Waals surface area contributed by atoms with Crippen LogP contribution in [0.4, 0.5) is 0 Å². The Kier molecular flexibility index (Phi) is 2.24. The minimum Gasteiger partial charge on any atom is -0.780 e. The van der Waals surface area contributed by atoms with Crippen LogP contribution in [0.3, 0.4) is 0 Å². The van der Waals surface area contributed by atoms with Gasteiger partial charge in [0.15, 0.2) is 0 Å². The minimum atomic E-state index is -3.06. The van der Waals surface area contributed by atoms with Crippen molar-refractivity contribution in [3.63, 3.8) is 0 Å². The zero-order valence-electron chi connectivity index (χ0n) is 5.07. The molecule has 0 radical (unpaired) electrons. The SMILES string of the molecule is CC1CCOP([O-])(=S)O1. The van der Waals surface area contributed by atoms with E-state index in [1.807, 2.05) is 6.92 Å². The highest BCUT2D eigenvalue weighted by atomic mass is 32.5. The van der Waals surface area contributed by atoms with Crippen molar-refractivity contribution in [1.29, 1.82) is 0 Å². The molecule has 3 nitrogen and oxygen atoms in total. The van der Waals surface area contributed by atoms with Crippen molar-refractivity contribution < 1.29 is 13.9 Å². The average molecular weight is 167 g/mol. The zero-order chi connectivity index (χ0) is 6.91. The fourth-order valence-corrected chi connectivity index (χ4v) is 2.23. The molecule has 0 aromatic heterocycles. The third kappa shape index (κ3) is 2.32. The zero-order valence-corrected chi connectivity index (χ0v) is 6.78. The van der Waals surface area contributed by atoms with Crippen LogP contribution < -0.4 is 4.89 Å². The average Bonchev–Trinajstić information content (AvgIpc) is 1.60. The number of hydrogen-bond acceptors (Lipinski definition) is 4. The molecule has 0 bridgehead atoms. The normalized spacial score (nSPS) is 44.9. The molecule has 54 valence electrons. The topological polar surface area (TPSA) is 41.5 Å². The maximum Gasteiger partial charge on any atom is 0.115 e. The van der Waals surface area contributed by atoms with E-state index in [-0.39, 0.29) is 6.10 Å². The Bertz CT molecular complexity index is 149. The smallest absolute Gasteiger partial charge is 0.115 e. The highest BCUT2D eigenvalue weighted by molar-refractivity contribution is 8.06. The number of rotatable bonds is 0. The first-order chi connectivity index (χ1) is 4.10. The van der Waals surface area contributed by atoms with E-state index in [9.17, 15) is 4.89 Å². The van der Waals surface area contributed by atoms with Gasteiger partial charge in [0.05, 0.1) is 12.7 Å². The summed E-state index contributed by atoms with van der Waals surface area (Å²) in [6.07, 6.45) is 0.766. The first-order valence-electron chi connectivity index (χ1n) is 2.74. The molecule has 1 rings (SSSR count). The summed E-state index contributed by atoms with van der Waals surface area (Å²) in [5, 5.41) is 0. The lowest BCUT2D eigenvalue weighted by Crippen LogP contribution is -2.22. The van der Waals surface area contributed by atoms with Gasteiger partial charge in [0.1, 0.15) is 6.72 Å². The molecule has 0 N–H and O–H groups in total. The highest BCUT2D eigenvalue weighted by Crippen LogP contribution is 2.43. The Hall–Kier alpha value is 0.530. The van der Waals surface area contributed by atoms with Crippen molar-refractivity contribution in [1.82, 2.24) is 0 Å².